The van der Waals surface area contributed by atoms with Gasteiger partial charge in [0.05, 0.1) is 5.52 Å². The zero-order valence-electron chi connectivity index (χ0n) is 34.8. The Morgan fingerprint density at radius 1 is 0.297 bits per heavy atom. The van der Waals surface area contributed by atoms with Crippen molar-refractivity contribution in [3.63, 3.8) is 0 Å². The summed E-state index contributed by atoms with van der Waals surface area (Å²) in [6.45, 7) is 0. The van der Waals surface area contributed by atoms with Crippen LogP contribution in [-0.4, -0.2) is 4.57 Å². The van der Waals surface area contributed by atoms with Crippen LogP contribution in [0.3, 0.4) is 0 Å². The van der Waals surface area contributed by atoms with Crippen LogP contribution >= 0.6 is 0 Å². The van der Waals surface area contributed by atoms with Gasteiger partial charge in [0.1, 0.15) is 5.52 Å². The third-order valence-corrected chi connectivity index (χ3v) is 12.3. The van der Waals surface area contributed by atoms with Crippen molar-refractivity contribution in [2.45, 2.75) is 0 Å². The molecule has 302 valence electrons. The van der Waals surface area contributed by atoms with Gasteiger partial charge < -0.3 is 18.9 Å². The van der Waals surface area contributed by atoms with Crippen molar-refractivity contribution in [2.75, 3.05) is 4.90 Å². The molecule has 1 aliphatic heterocycles. The third-order valence-electron chi connectivity index (χ3n) is 12.3. The average molecular weight is 821 g/mol. The highest BCUT2D eigenvalue weighted by molar-refractivity contribution is 6.13. The first kappa shape index (κ1) is 37.2. The molecule has 1 aromatic heterocycles. The molecule has 0 atom stereocenters. The van der Waals surface area contributed by atoms with Gasteiger partial charge in [0.2, 0.25) is 0 Å². The van der Waals surface area contributed by atoms with Crippen LogP contribution in [0.25, 0.3) is 72.0 Å². The molecular formula is C60H40N2O2. The zero-order chi connectivity index (χ0) is 42.4. The Balaban J connectivity index is 0.875. The Morgan fingerprint density at radius 2 is 0.688 bits per heavy atom. The maximum absolute atomic E-state index is 6.61. The summed E-state index contributed by atoms with van der Waals surface area (Å²) in [7, 11) is 0. The number of ether oxygens (including phenoxy) is 2. The van der Waals surface area contributed by atoms with Crippen LogP contribution in [0, 0.1) is 0 Å². The molecule has 4 nitrogen and oxygen atoms in total. The second-order valence-corrected chi connectivity index (χ2v) is 16.1. The zero-order valence-corrected chi connectivity index (χ0v) is 34.8. The average Bonchev–Trinajstić information content (AvgIpc) is 3.71. The molecule has 64 heavy (non-hydrogen) atoms. The lowest BCUT2D eigenvalue weighted by atomic mass is 9.99. The molecular weight excluding hydrogens is 781 g/mol. The molecule has 0 fully saturated rings. The van der Waals surface area contributed by atoms with Crippen molar-refractivity contribution in [1.29, 1.82) is 0 Å². The van der Waals surface area contributed by atoms with Gasteiger partial charge in [0.25, 0.3) is 0 Å². The molecule has 11 aromatic rings. The number of benzene rings is 10. The summed E-state index contributed by atoms with van der Waals surface area (Å²) in [6, 6.07) is 85.8. The lowest BCUT2D eigenvalue weighted by Gasteiger charge is -2.26. The molecule has 0 amide bonds. The number of hydrogen-bond donors (Lipinski definition) is 0. The first-order valence-corrected chi connectivity index (χ1v) is 21.7. The van der Waals surface area contributed by atoms with Crippen molar-refractivity contribution >= 4 is 38.9 Å². The van der Waals surface area contributed by atoms with E-state index in [0.29, 0.717) is 11.5 Å². The second kappa shape index (κ2) is 15.7. The van der Waals surface area contributed by atoms with Gasteiger partial charge in [-0.25, -0.2) is 0 Å². The first-order chi connectivity index (χ1) is 31.7. The summed E-state index contributed by atoms with van der Waals surface area (Å²) in [4.78, 5) is 2.33. The molecule has 0 saturated carbocycles. The normalized spacial score (nSPS) is 11.7. The van der Waals surface area contributed by atoms with Gasteiger partial charge in [-0.15, -0.1) is 0 Å². The lowest BCUT2D eigenvalue weighted by molar-refractivity contribution is 0.362. The highest BCUT2D eigenvalue weighted by Gasteiger charge is 2.26. The van der Waals surface area contributed by atoms with Gasteiger partial charge in [-0.05, 0) is 123 Å². The number of para-hydroxylation sites is 3. The first-order valence-electron chi connectivity index (χ1n) is 21.7. The SMILES string of the molecule is c1ccc(-c2ccc(N(c3ccc(-c4ccccc4)cc3)c3ccc(-c4ccc(-c5ccc6c7ccc8c(c7n(-c7ccccc7)c6c5)Oc5ccccc5O8)cc4)cc3)cc2)cc1. The maximum Gasteiger partial charge on any atom is 0.194 e. The minimum absolute atomic E-state index is 0.706. The maximum atomic E-state index is 6.61. The van der Waals surface area contributed by atoms with E-state index in [-0.39, 0.29) is 0 Å². The highest BCUT2D eigenvalue weighted by atomic mass is 16.6. The largest absolute Gasteiger partial charge is 0.449 e. The van der Waals surface area contributed by atoms with Crippen LogP contribution in [0.5, 0.6) is 23.0 Å². The molecule has 10 aromatic carbocycles. The molecule has 0 N–H and O–H groups in total. The van der Waals surface area contributed by atoms with E-state index in [2.05, 4.69) is 222 Å². The summed E-state index contributed by atoms with van der Waals surface area (Å²) in [6.07, 6.45) is 0. The number of aromatic nitrogens is 1. The predicted molar refractivity (Wildman–Crippen MR) is 264 cm³/mol. The molecule has 0 spiro atoms. The fourth-order valence-electron chi connectivity index (χ4n) is 9.08. The van der Waals surface area contributed by atoms with E-state index in [9.17, 15) is 0 Å². The molecule has 0 radical (unpaired) electrons. The van der Waals surface area contributed by atoms with Crippen LogP contribution < -0.4 is 14.4 Å². The number of hydrogen-bond acceptors (Lipinski definition) is 3. The minimum Gasteiger partial charge on any atom is -0.449 e. The summed E-state index contributed by atoms with van der Waals surface area (Å²) >= 11 is 0. The lowest BCUT2D eigenvalue weighted by Crippen LogP contribution is -2.09. The molecule has 2 heterocycles. The molecule has 1 aliphatic rings. The smallest absolute Gasteiger partial charge is 0.194 e. The Hall–Kier alpha value is -8.60. The van der Waals surface area contributed by atoms with E-state index in [4.69, 9.17) is 9.47 Å². The second-order valence-electron chi connectivity index (χ2n) is 16.1. The van der Waals surface area contributed by atoms with E-state index in [1.54, 1.807) is 0 Å². The molecule has 0 unspecified atom stereocenters. The van der Waals surface area contributed by atoms with Gasteiger partial charge in [-0.2, -0.15) is 0 Å². The predicted octanol–water partition coefficient (Wildman–Crippen LogP) is 16.8. The molecule has 0 saturated heterocycles. The number of fused-ring (bicyclic) bond motifs is 6. The minimum atomic E-state index is 0.706. The van der Waals surface area contributed by atoms with Gasteiger partial charge in [0, 0.05) is 33.5 Å². The van der Waals surface area contributed by atoms with Crippen LogP contribution in [0.1, 0.15) is 0 Å². The van der Waals surface area contributed by atoms with Gasteiger partial charge in [-0.1, -0.05) is 164 Å². The standard InChI is InChI=1S/C60H40N2O2/c1-4-12-41(13-5-1)44-24-31-50(32-25-44)61(51-33-26-45(27-34-51)42-14-6-2-7-15-42)52-35-28-46(29-36-52)43-20-22-47(23-21-43)48-30-37-53-54-38-39-58-60(64-57-19-11-10-18-56(57)63-58)59(54)62(55(53)40-48)49-16-8-3-9-17-49/h1-40H. The van der Waals surface area contributed by atoms with E-state index in [1.165, 1.54) is 22.3 Å². The fourth-order valence-corrected chi connectivity index (χ4v) is 9.08. The van der Waals surface area contributed by atoms with Gasteiger partial charge in [-0.3, -0.25) is 0 Å². The van der Waals surface area contributed by atoms with E-state index >= 15 is 0 Å². The van der Waals surface area contributed by atoms with E-state index in [0.717, 1.165) is 78.3 Å². The van der Waals surface area contributed by atoms with Crippen molar-refractivity contribution < 1.29 is 9.47 Å². The summed E-state index contributed by atoms with van der Waals surface area (Å²) in [5.74, 6) is 2.86. The Labute approximate surface area is 372 Å². The molecule has 4 heteroatoms. The number of anilines is 3. The summed E-state index contributed by atoms with van der Waals surface area (Å²) < 4.78 is 15.3. The topological polar surface area (TPSA) is 26.6 Å². The van der Waals surface area contributed by atoms with E-state index in [1.807, 2.05) is 30.3 Å². The van der Waals surface area contributed by atoms with Crippen molar-refractivity contribution in [1.82, 2.24) is 4.57 Å². The van der Waals surface area contributed by atoms with Crippen molar-refractivity contribution in [3.8, 4) is 73.2 Å². The Bertz CT molecular complexity index is 3350. The van der Waals surface area contributed by atoms with Gasteiger partial charge >= 0.3 is 0 Å². The molecule has 12 rings (SSSR count). The fraction of sp³-hybridized carbons (Fsp3) is 0. The molecule has 0 aliphatic carbocycles. The Kier molecular flexibility index (Phi) is 9.12. The Morgan fingerprint density at radius 3 is 1.20 bits per heavy atom. The third kappa shape index (κ3) is 6.66. The summed E-state index contributed by atoms with van der Waals surface area (Å²) in [5.41, 5.74) is 15.8. The van der Waals surface area contributed by atoms with Crippen LogP contribution in [0.2, 0.25) is 0 Å². The van der Waals surface area contributed by atoms with Crippen LogP contribution in [0.15, 0.2) is 243 Å². The molecule has 0 bridgehead atoms. The van der Waals surface area contributed by atoms with Crippen LogP contribution in [-0.2, 0) is 0 Å². The highest BCUT2D eigenvalue weighted by Crippen LogP contribution is 2.51. The quantitative estimate of drug-likeness (QED) is 0.153. The number of rotatable bonds is 8. The van der Waals surface area contributed by atoms with Gasteiger partial charge in [0.15, 0.2) is 23.0 Å². The summed E-state index contributed by atoms with van der Waals surface area (Å²) in [5, 5.41) is 2.26. The number of nitrogens with zero attached hydrogens (tertiary/aromatic N) is 2. The van der Waals surface area contributed by atoms with Crippen LogP contribution in [0.4, 0.5) is 17.1 Å². The van der Waals surface area contributed by atoms with Crippen molar-refractivity contribution in [2.24, 2.45) is 0 Å². The van der Waals surface area contributed by atoms with Crippen molar-refractivity contribution in [3.05, 3.63) is 243 Å². The van der Waals surface area contributed by atoms with E-state index < -0.39 is 0 Å². The monoisotopic (exact) mass is 820 g/mol.